The van der Waals surface area contributed by atoms with Crippen molar-refractivity contribution in [3.8, 4) is 0 Å². The number of allylic oxidation sites excluding steroid dienone is 4. The van der Waals surface area contributed by atoms with Gasteiger partial charge in [-0.2, -0.15) is 0 Å². The maximum absolute atomic E-state index is 14.3. The van der Waals surface area contributed by atoms with Crippen molar-refractivity contribution in [2.75, 3.05) is 20.1 Å². The largest absolute Gasteiger partial charge is 0.359 e. The molecular formula is C12H15FN4. The van der Waals surface area contributed by atoms with Gasteiger partial charge in [0, 0.05) is 38.1 Å². The Balaban J connectivity index is 2.40. The van der Waals surface area contributed by atoms with Crippen molar-refractivity contribution >= 4 is 6.21 Å². The van der Waals surface area contributed by atoms with Crippen LogP contribution in [0.1, 0.15) is 0 Å². The highest BCUT2D eigenvalue weighted by Crippen LogP contribution is 2.27. The molecule has 2 N–H and O–H groups in total. The van der Waals surface area contributed by atoms with Crippen LogP contribution in [-0.2, 0) is 0 Å². The number of likely N-dealkylation sites (N-methyl/N-ethyl adjacent to an activating group) is 1. The maximum Gasteiger partial charge on any atom is 0.171 e. The van der Waals surface area contributed by atoms with Crippen LogP contribution >= 0.6 is 0 Å². The molecule has 1 fully saturated rings. The summed E-state index contributed by atoms with van der Waals surface area (Å²) in [5, 5.41) is 13.8. The standard InChI is InChI=1S/C12H15FN4/c1-3-9(8-14)12-11(13)10(4-5-15-12)17-7-6-16(17)2/h3-5,8,14-15H,1,6-7H2,2H3/b12-9-,14-8?. The Hall–Kier alpha value is -1.88. The van der Waals surface area contributed by atoms with Crippen molar-refractivity contribution in [2.45, 2.75) is 0 Å². The molecule has 1 saturated heterocycles. The number of hydrazine groups is 1. The lowest BCUT2D eigenvalue weighted by Gasteiger charge is -2.44. The monoisotopic (exact) mass is 234 g/mol. The summed E-state index contributed by atoms with van der Waals surface area (Å²) in [6, 6.07) is 0. The Labute approximate surface area is 99.9 Å². The van der Waals surface area contributed by atoms with Gasteiger partial charge in [0.25, 0.3) is 0 Å². The van der Waals surface area contributed by atoms with Gasteiger partial charge in [0.1, 0.15) is 0 Å². The lowest BCUT2D eigenvalue weighted by atomic mass is 10.1. The summed E-state index contributed by atoms with van der Waals surface area (Å²) in [6.45, 7) is 5.31. The summed E-state index contributed by atoms with van der Waals surface area (Å²) >= 11 is 0. The van der Waals surface area contributed by atoms with Gasteiger partial charge in [0.2, 0.25) is 0 Å². The van der Waals surface area contributed by atoms with Gasteiger partial charge in [-0.3, -0.25) is 0 Å². The minimum absolute atomic E-state index is 0.299. The van der Waals surface area contributed by atoms with E-state index in [1.807, 2.05) is 17.1 Å². The predicted octanol–water partition coefficient (Wildman–Crippen LogP) is 1.54. The summed E-state index contributed by atoms with van der Waals surface area (Å²) < 4.78 is 14.3. The lowest BCUT2D eigenvalue weighted by molar-refractivity contribution is -0.0544. The van der Waals surface area contributed by atoms with E-state index in [0.717, 1.165) is 19.3 Å². The van der Waals surface area contributed by atoms with Gasteiger partial charge in [-0.05, 0) is 6.08 Å². The number of nitrogens with one attached hydrogen (secondary N) is 2. The number of dihydropyridines is 1. The van der Waals surface area contributed by atoms with Crippen LogP contribution in [0.4, 0.5) is 4.39 Å². The van der Waals surface area contributed by atoms with Crippen LogP contribution < -0.4 is 5.32 Å². The topological polar surface area (TPSA) is 42.4 Å². The Morgan fingerprint density at radius 3 is 2.82 bits per heavy atom. The summed E-state index contributed by atoms with van der Waals surface area (Å²) in [4.78, 5) is 0. The molecule has 0 aromatic rings. The first-order valence-corrected chi connectivity index (χ1v) is 5.38. The van der Waals surface area contributed by atoms with Crippen molar-refractivity contribution < 1.29 is 4.39 Å². The van der Waals surface area contributed by atoms with Gasteiger partial charge in [-0.15, -0.1) is 0 Å². The Morgan fingerprint density at radius 1 is 1.59 bits per heavy atom. The quantitative estimate of drug-likeness (QED) is 0.728. The van der Waals surface area contributed by atoms with E-state index in [9.17, 15) is 4.39 Å². The minimum Gasteiger partial charge on any atom is -0.359 e. The lowest BCUT2D eigenvalue weighted by Crippen LogP contribution is -2.54. The SMILES string of the molecule is C=C/C(C=N)=C1/NC=CC(N2CCN2C)=C1F. The first-order chi connectivity index (χ1) is 8.19. The molecule has 0 atom stereocenters. The predicted molar refractivity (Wildman–Crippen MR) is 65.8 cm³/mol. The normalized spacial score (nSPS) is 23.1. The highest BCUT2D eigenvalue weighted by atomic mass is 19.1. The fraction of sp³-hybridized carbons (Fsp3) is 0.250. The molecule has 0 saturated carbocycles. The zero-order valence-electron chi connectivity index (χ0n) is 9.70. The molecule has 0 spiro atoms. The molecule has 0 bridgehead atoms. The van der Waals surface area contributed by atoms with E-state index in [1.54, 1.807) is 12.3 Å². The number of halogens is 1. The van der Waals surface area contributed by atoms with Crippen LogP contribution in [0.3, 0.4) is 0 Å². The van der Waals surface area contributed by atoms with Crippen molar-refractivity contribution in [3.05, 3.63) is 47.7 Å². The van der Waals surface area contributed by atoms with Gasteiger partial charge in [0.15, 0.2) is 5.83 Å². The van der Waals surface area contributed by atoms with E-state index >= 15 is 0 Å². The third-order valence-corrected chi connectivity index (χ3v) is 2.90. The van der Waals surface area contributed by atoms with Crippen molar-refractivity contribution in [1.29, 1.82) is 5.41 Å². The maximum atomic E-state index is 14.3. The Bertz CT molecular complexity index is 437. The molecule has 0 aromatic heterocycles. The van der Waals surface area contributed by atoms with Crippen molar-refractivity contribution in [3.63, 3.8) is 0 Å². The minimum atomic E-state index is -0.350. The van der Waals surface area contributed by atoms with Gasteiger partial charge >= 0.3 is 0 Å². The smallest absolute Gasteiger partial charge is 0.171 e. The van der Waals surface area contributed by atoms with E-state index < -0.39 is 0 Å². The molecule has 0 unspecified atom stereocenters. The zero-order chi connectivity index (χ0) is 12.4. The van der Waals surface area contributed by atoms with Gasteiger partial charge in [-0.25, -0.2) is 9.40 Å². The van der Waals surface area contributed by atoms with Crippen LogP contribution in [-0.4, -0.2) is 36.4 Å². The van der Waals surface area contributed by atoms with Gasteiger partial charge < -0.3 is 15.7 Å². The molecule has 5 heteroatoms. The average Bonchev–Trinajstić information content (AvgIpc) is 2.33. The van der Waals surface area contributed by atoms with Crippen LogP contribution in [0.5, 0.6) is 0 Å². The second kappa shape index (κ2) is 4.55. The fourth-order valence-corrected chi connectivity index (χ4v) is 1.82. The molecule has 17 heavy (non-hydrogen) atoms. The van der Waals surface area contributed by atoms with E-state index in [2.05, 4.69) is 11.9 Å². The summed E-state index contributed by atoms with van der Waals surface area (Å²) in [6.07, 6.45) is 5.92. The Morgan fingerprint density at radius 2 is 2.35 bits per heavy atom. The highest BCUT2D eigenvalue weighted by Gasteiger charge is 2.28. The van der Waals surface area contributed by atoms with E-state index in [1.165, 1.54) is 6.08 Å². The summed E-state index contributed by atoms with van der Waals surface area (Å²) in [7, 11) is 1.91. The number of hydrogen-bond acceptors (Lipinski definition) is 4. The van der Waals surface area contributed by atoms with Crippen LogP contribution in [0, 0.1) is 5.41 Å². The van der Waals surface area contributed by atoms with Crippen LogP contribution in [0.25, 0.3) is 0 Å². The van der Waals surface area contributed by atoms with E-state index in [0.29, 0.717) is 17.0 Å². The molecule has 2 rings (SSSR count). The fourth-order valence-electron chi connectivity index (χ4n) is 1.82. The third-order valence-electron chi connectivity index (χ3n) is 2.90. The van der Waals surface area contributed by atoms with Crippen molar-refractivity contribution in [1.82, 2.24) is 15.3 Å². The van der Waals surface area contributed by atoms with Crippen molar-refractivity contribution in [2.24, 2.45) is 0 Å². The third kappa shape index (κ3) is 1.89. The van der Waals surface area contributed by atoms with E-state index in [-0.39, 0.29) is 5.83 Å². The number of hydrogen-bond donors (Lipinski definition) is 2. The zero-order valence-corrected chi connectivity index (χ0v) is 9.70. The first-order valence-electron chi connectivity index (χ1n) is 5.38. The molecule has 0 aliphatic carbocycles. The second-order valence-electron chi connectivity index (χ2n) is 3.86. The first kappa shape index (κ1) is 11.6. The van der Waals surface area contributed by atoms with Gasteiger partial charge in [-0.1, -0.05) is 12.7 Å². The average molecular weight is 234 g/mol. The molecule has 4 nitrogen and oxygen atoms in total. The molecule has 2 aliphatic heterocycles. The molecular weight excluding hydrogens is 219 g/mol. The summed E-state index contributed by atoms with van der Waals surface area (Å²) in [5.74, 6) is -0.350. The second-order valence-corrected chi connectivity index (χ2v) is 3.86. The van der Waals surface area contributed by atoms with Gasteiger partial charge in [0.05, 0.1) is 11.4 Å². The number of nitrogens with zero attached hydrogens (tertiary/aromatic N) is 2. The number of rotatable bonds is 3. The molecule has 0 amide bonds. The molecule has 2 heterocycles. The van der Waals surface area contributed by atoms with E-state index in [4.69, 9.17) is 5.41 Å². The molecule has 2 aliphatic rings. The highest BCUT2D eigenvalue weighted by molar-refractivity contribution is 5.82. The summed E-state index contributed by atoms with van der Waals surface area (Å²) in [5.41, 5.74) is 1.26. The van der Waals surface area contributed by atoms with Crippen LogP contribution in [0.15, 0.2) is 47.7 Å². The molecule has 90 valence electrons. The molecule has 0 aromatic carbocycles. The van der Waals surface area contributed by atoms with Crippen LogP contribution in [0.2, 0.25) is 0 Å². The molecule has 0 radical (unpaired) electrons. The Kier molecular flexibility index (Phi) is 3.10.